The Morgan fingerprint density at radius 3 is 2.30 bits per heavy atom. The van der Waals surface area contributed by atoms with Crippen molar-refractivity contribution in [2.75, 3.05) is 13.1 Å². The smallest absolute Gasteiger partial charge is 0.410 e. The van der Waals surface area contributed by atoms with E-state index >= 15 is 0 Å². The summed E-state index contributed by atoms with van der Waals surface area (Å²) in [5.74, 6) is 0.149. The Morgan fingerprint density at radius 1 is 0.925 bits per heavy atom. The molecule has 2 bridgehead atoms. The third-order valence-electron chi connectivity index (χ3n) is 8.15. The zero-order valence-corrected chi connectivity index (χ0v) is 23.6. The molecule has 0 unspecified atom stereocenters. The number of piperidine rings is 2. The number of rotatable bonds is 7. The number of nitrogens with zero attached hydrogens (tertiary/aromatic N) is 3. The van der Waals surface area contributed by atoms with Gasteiger partial charge in [0.2, 0.25) is 0 Å². The van der Waals surface area contributed by atoms with Gasteiger partial charge in [-0.25, -0.2) is 9.59 Å². The largest absolute Gasteiger partial charge is 0.444 e. The fraction of sp³-hybridized carbons (Fsp3) is 0.655. The Hall–Kier alpha value is -3.34. The highest BCUT2D eigenvalue weighted by atomic mass is 16.7. The first-order valence-electron chi connectivity index (χ1n) is 14.4. The molecule has 1 saturated carbocycles. The highest BCUT2D eigenvalue weighted by molar-refractivity contribution is 5.91. The Balaban J connectivity index is 1.17. The molecule has 3 heterocycles. The van der Waals surface area contributed by atoms with Crippen molar-refractivity contribution in [2.45, 2.75) is 96.1 Å². The van der Waals surface area contributed by atoms with Crippen LogP contribution in [-0.4, -0.2) is 75.6 Å². The van der Waals surface area contributed by atoms with Gasteiger partial charge < -0.3 is 9.64 Å². The number of amides is 5. The molecule has 11 heteroatoms. The maximum absolute atomic E-state index is 13.3. The molecule has 11 nitrogen and oxygen atoms in total. The van der Waals surface area contributed by atoms with Crippen LogP contribution < -0.4 is 10.9 Å². The average Bonchev–Trinajstić information content (AvgIpc) is 3.71. The molecule has 1 aromatic rings. The fourth-order valence-corrected chi connectivity index (χ4v) is 5.94. The third kappa shape index (κ3) is 6.68. The summed E-state index contributed by atoms with van der Waals surface area (Å²) < 4.78 is 5.57. The zero-order chi connectivity index (χ0) is 28.4. The van der Waals surface area contributed by atoms with Crippen LogP contribution >= 0.6 is 0 Å². The molecule has 4 fully saturated rings. The molecule has 5 rings (SSSR count). The van der Waals surface area contributed by atoms with Crippen LogP contribution in [0.25, 0.3) is 0 Å². The van der Waals surface area contributed by atoms with Gasteiger partial charge in [0.1, 0.15) is 24.3 Å². The monoisotopic (exact) mass is 555 g/mol. The van der Waals surface area contributed by atoms with Crippen LogP contribution in [0.4, 0.5) is 9.59 Å². The minimum Gasteiger partial charge on any atom is -0.444 e. The summed E-state index contributed by atoms with van der Waals surface area (Å²) >= 11 is 0. The van der Waals surface area contributed by atoms with Crippen LogP contribution in [0, 0.1) is 11.8 Å². The normalized spacial score (nSPS) is 26.5. The maximum atomic E-state index is 13.3. The number of hydrogen-bond donors (Lipinski definition) is 2. The first kappa shape index (κ1) is 28.2. The van der Waals surface area contributed by atoms with Gasteiger partial charge in [-0.15, -0.1) is 0 Å². The highest BCUT2D eigenvalue weighted by Crippen LogP contribution is 2.39. The van der Waals surface area contributed by atoms with Crippen molar-refractivity contribution >= 4 is 23.9 Å². The summed E-state index contributed by atoms with van der Waals surface area (Å²) in [6, 6.07) is 7.67. The first-order chi connectivity index (χ1) is 19.1. The summed E-state index contributed by atoms with van der Waals surface area (Å²) in [4.78, 5) is 61.3. The van der Waals surface area contributed by atoms with E-state index in [4.69, 9.17) is 9.57 Å². The number of nitrogens with one attached hydrogen (secondary N) is 2. The second-order valence-corrected chi connectivity index (χ2v) is 12.5. The van der Waals surface area contributed by atoms with Crippen LogP contribution in [0.3, 0.4) is 0 Å². The quantitative estimate of drug-likeness (QED) is 0.498. The predicted molar refractivity (Wildman–Crippen MR) is 145 cm³/mol. The molecule has 0 radical (unpaired) electrons. The Bertz CT molecular complexity index is 1100. The van der Waals surface area contributed by atoms with E-state index in [9.17, 15) is 19.2 Å². The van der Waals surface area contributed by atoms with E-state index in [0.717, 1.165) is 18.4 Å². The van der Waals surface area contributed by atoms with Crippen LogP contribution in [0.15, 0.2) is 30.3 Å². The van der Waals surface area contributed by atoms with Crippen molar-refractivity contribution in [3.05, 3.63) is 35.9 Å². The number of carbonyl (C=O) groups excluding carboxylic acids is 4. The van der Waals surface area contributed by atoms with Gasteiger partial charge in [0.05, 0.1) is 6.04 Å². The lowest BCUT2D eigenvalue weighted by Gasteiger charge is -2.39. The van der Waals surface area contributed by atoms with Crippen LogP contribution in [-0.2, 0) is 25.8 Å². The van der Waals surface area contributed by atoms with Crippen molar-refractivity contribution in [3.63, 3.8) is 0 Å². The first-order valence-corrected chi connectivity index (χ1v) is 14.4. The number of urea groups is 1. The summed E-state index contributed by atoms with van der Waals surface area (Å²) in [5.41, 5.74) is 5.34. The van der Waals surface area contributed by atoms with Gasteiger partial charge in [-0.05, 0) is 70.3 Å². The predicted octanol–water partition coefficient (Wildman–Crippen LogP) is 3.35. The maximum Gasteiger partial charge on any atom is 0.410 e. The molecule has 4 atom stereocenters. The fourth-order valence-electron chi connectivity index (χ4n) is 5.94. The van der Waals surface area contributed by atoms with Crippen molar-refractivity contribution in [2.24, 2.45) is 11.8 Å². The molecule has 40 heavy (non-hydrogen) atoms. The van der Waals surface area contributed by atoms with Crippen molar-refractivity contribution < 1.29 is 28.8 Å². The summed E-state index contributed by atoms with van der Waals surface area (Å²) in [5, 5.41) is 1.37. The molecule has 4 aliphatic rings. The third-order valence-corrected chi connectivity index (χ3v) is 8.15. The van der Waals surface area contributed by atoms with Gasteiger partial charge in [0, 0.05) is 13.1 Å². The molecule has 3 aliphatic heterocycles. The summed E-state index contributed by atoms with van der Waals surface area (Å²) in [6.07, 6.45) is 5.41. The second-order valence-electron chi connectivity index (χ2n) is 12.5. The van der Waals surface area contributed by atoms with E-state index in [1.54, 1.807) is 20.8 Å². The van der Waals surface area contributed by atoms with E-state index in [1.165, 1.54) is 27.7 Å². The molecule has 2 N–H and O–H groups in total. The van der Waals surface area contributed by atoms with E-state index in [-0.39, 0.29) is 18.7 Å². The molecule has 5 amide bonds. The standard InChI is InChI=1S/C29H41N5O6/c1-29(2,3)40-28(38)32-14-13-21(15-19-9-10-19)16-24(32)26(36)31-30-25(35)23-12-11-22-17-33(23)27(37)34(22)39-18-20-7-5-4-6-8-20/h4-8,19,21-24H,9-18H2,1-3H3,(H,30,35)(H,31,36)/t21-,22+,23-,24-/m0/s1. The highest BCUT2D eigenvalue weighted by Gasteiger charge is 2.48. The molecular formula is C29H41N5O6. The van der Waals surface area contributed by atoms with Crippen LogP contribution in [0.2, 0.25) is 0 Å². The van der Waals surface area contributed by atoms with Gasteiger partial charge in [-0.2, -0.15) is 5.06 Å². The average molecular weight is 556 g/mol. The summed E-state index contributed by atoms with van der Waals surface area (Å²) in [6.45, 7) is 6.47. The van der Waals surface area contributed by atoms with Crippen LogP contribution in [0.5, 0.6) is 0 Å². The molecule has 1 aromatic carbocycles. The number of hydroxylamine groups is 2. The van der Waals surface area contributed by atoms with E-state index in [1.807, 2.05) is 30.3 Å². The lowest BCUT2D eigenvalue weighted by Crippen LogP contribution is -2.59. The number of ether oxygens (including phenoxy) is 1. The number of hydrazine groups is 1. The molecule has 0 aromatic heterocycles. The van der Waals surface area contributed by atoms with Gasteiger partial charge in [0.25, 0.3) is 11.8 Å². The Labute approximate surface area is 235 Å². The Kier molecular flexibility index (Phi) is 8.21. The van der Waals surface area contributed by atoms with Crippen LogP contribution in [0.1, 0.15) is 71.3 Å². The van der Waals surface area contributed by atoms with Gasteiger partial charge in [-0.1, -0.05) is 43.2 Å². The minimum atomic E-state index is -0.737. The van der Waals surface area contributed by atoms with E-state index in [2.05, 4.69) is 10.9 Å². The van der Waals surface area contributed by atoms with Crippen molar-refractivity contribution in [3.8, 4) is 0 Å². The lowest BCUT2D eigenvalue weighted by molar-refractivity contribution is -0.140. The van der Waals surface area contributed by atoms with Crippen molar-refractivity contribution in [1.29, 1.82) is 0 Å². The van der Waals surface area contributed by atoms with Gasteiger partial charge >= 0.3 is 12.1 Å². The second kappa shape index (κ2) is 11.6. The molecular weight excluding hydrogens is 514 g/mol. The van der Waals surface area contributed by atoms with E-state index in [0.29, 0.717) is 44.2 Å². The summed E-state index contributed by atoms with van der Waals surface area (Å²) in [7, 11) is 0. The van der Waals surface area contributed by atoms with Crippen molar-refractivity contribution in [1.82, 2.24) is 25.7 Å². The SMILES string of the molecule is CC(C)(C)OC(=O)N1CC[C@@H](CC2CC2)C[C@H]1C(=O)NNC(=O)[C@@H]1CC[C@@H]2CN1C(=O)N2OCc1ccccc1. The number of hydrogen-bond acceptors (Lipinski definition) is 6. The molecule has 218 valence electrons. The van der Waals surface area contributed by atoms with E-state index < -0.39 is 35.6 Å². The molecule has 0 spiro atoms. The Morgan fingerprint density at radius 2 is 1.62 bits per heavy atom. The number of benzene rings is 1. The zero-order valence-electron chi connectivity index (χ0n) is 23.6. The molecule has 1 aliphatic carbocycles. The number of likely N-dealkylation sites (tertiary alicyclic amines) is 1. The van der Waals surface area contributed by atoms with Gasteiger partial charge in [0.15, 0.2) is 0 Å². The number of fused-ring (bicyclic) bond motifs is 2. The van der Waals surface area contributed by atoms with Gasteiger partial charge in [-0.3, -0.25) is 30.2 Å². The molecule has 3 saturated heterocycles. The topological polar surface area (TPSA) is 121 Å². The minimum absolute atomic E-state index is 0.122. The number of carbonyl (C=O) groups is 4. The lowest BCUT2D eigenvalue weighted by atomic mass is 9.86.